The largest absolute Gasteiger partial charge is 0.462 e. The standard InChI is InChI=1S/C41H66N4O6/c1-27(9-8-22-45(4)26-28-10-6-5-7-11-28)31-12-13-32-39-33(25-35(41(31,32)3)51-38(48)17-21-44)40(2)18-14-30(49-36(46)15-19-42)23-29(40)24-34(39)50-37(47)16-20-43/h5-7,10-11,27,29-35,39H,8-9,12-26,42-44H2,1-4H3/t27-,29?,30-,31?,32+,33+,34-,35+,39?,40?,41?/m1/s1. The average molecular weight is 711 g/mol. The number of benzene rings is 1. The van der Waals surface area contributed by atoms with Crippen molar-refractivity contribution in [2.75, 3.05) is 33.2 Å². The molecule has 0 heterocycles. The number of rotatable bonds is 16. The smallest absolute Gasteiger partial charge is 0.307 e. The van der Waals surface area contributed by atoms with Gasteiger partial charge in [0.2, 0.25) is 0 Å². The second kappa shape index (κ2) is 17.5. The highest BCUT2D eigenvalue weighted by Gasteiger charge is 2.67. The molecule has 51 heavy (non-hydrogen) atoms. The lowest BCUT2D eigenvalue weighted by atomic mass is 9.43. The molecule has 0 saturated heterocycles. The van der Waals surface area contributed by atoms with E-state index in [0.717, 1.165) is 70.9 Å². The molecule has 4 aliphatic carbocycles. The number of esters is 3. The first-order valence-electron chi connectivity index (χ1n) is 19.9. The second-order valence-corrected chi connectivity index (χ2v) is 16.9. The second-order valence-electron chi connectivity index (χ2n) is 16.9. The Morgan fingerprint density at radius 1 is 0.843 bits per heavy atom. The van der Waals surface area contributed by atoms with Crippen molar-refractivity contribution in [3.05, 3.63) is 35.9 Å². The molecule has 4 fully saturated rings. The van der Waals surface area contributed by atoms with Crippen molar-refractivity contribution in [1.82, 2.24) is 4.90 Å². The van der Waals surface area contributed by atoms with Crippen LogP contribution in [-0.2, 0) is 35.1 Å². The van der Waals surface area contributed by atoms with Gasteiger partial charge in [-0.1, -0.05) is 51.1 Å². The van der Waals surface area contributed by atoms with E-state index in [1.165, 1.54) is 5.56 Å². The summed E-state index contributed by atoms with van der Waals surface area (Å²) in [6.07, 6.45) is 8.16. The molecule has 1 aromatic carbocycles. The van der Waals surface area contributed by atoms with E-state index in [-0.39, 0.29) is 110 Å². The maximum atomic E-state index is 13.3. The number of nitrogens with two attached hydrogens (primary N) is 3. The van der Waals surface area contributed by atoms with Crippen LogP contribution in [0.15, 0.2) is 30.3 Å². The van der Waals surface area contributed by atoms with Crippen LogP contribution in [0.1, 0.15) is 103 Å². The van der Waals surface area contributed by atoms with Crippen LogP contribution in [0.2, 0.25) is 0 Å². The molecule has 6 N–H and O–H groups in total. The number of nitrogens with zero attached hydrogens (tertiary/aromatic N) is 1. The summed E-state index contributed by atoms with van der Waals surface area (Å²) in [5, 5.41) is 0. The van der Waals surface area contributed by atoms with Crippen molar-refractivity contribution < 1.29 is 28.6 Å². The van der Waals surface area contributed by atoms with E-state index in [9.17, 15) is 14.4 Å². The third kappa shape index (κ3) is 8.82. The molecular weight excluding hydrogens is 644 g/mol. The Morgan fingerprint density at radius 2 is 1.49 bits per heavy atom. The Morgan fingerprint density at radius 3 is 2.16 bits per heavy atom. The minimum Gasteiger partial charge on any atom is -0.462 e. The Balaban J connectivity index is 1.39. The van der Waals surface area contributed by atoms with Crippen molar-refractivity contribution in [2.24, 2.45) is 63.5 Å². The topological polar surface area (TPSA) is 160 Å². The molecule has 286 valence electrons. The van der Waals surface area contributed by atoms with E-state index in [2.05, 4.69) is 63.1 Å². The number of fused-ring (bicyclic) bond motifs is 5. The molecule has 10 heteroatoms. The lowest BCUT2D eigenvalue weighted by Crippen LogP contribution is -2.63. The average Bonchev–Trinajstić information content (AvgIpc) is 3.44. The van der Waals surface area contributed by atoms with Gasteiger partial charge in [0.25, 0.3) is 0 Å². The van der Waals surface area contributed by atoms with Crippen LogP contribution in [0.25, 0.3) is 0 Å². The van der Waals surface area contributed by atoms with Crippen molar-refractivity contribution in [1.29, 1.82) is 0 Å². The Kier molecular flexibility index (Phi) is 13.6. The maximum Gasteiger partial charge on any atom is 0.307 e. The number of ether oxygens (including phenoxy) is 3. The summed E-state index contributed by atoms with van der Waals surface area (Å²) in [4.78, 5) is 41.3. The molecule has 11 atom stereocenters. The van der Waals surface area contributed by atoms with Crippen molar-refractivity contribution in [3.63, 3.8) is 0 Å². The van der Waals surface area contributed by atoms with Crippen LogP contribution in [0, 0.1) is 46.3 Å². The van der Waals surface area contributed by atoms with Gasteiger partial charge < -0.3 is 36.3 Å². The molecule has 0 amide bonds. The first kappa shape index (κ1) is 39.7. The van der Waals surface area contributed by atoms with Crippen molar-refractivity contribution in [2.45, 2.75) is 123 Å². The van der Waals surface area contributed by atoms with E-state index in [1.807, 2.05) is 0 Å². The summed E-state index contributed by atoms with van der Waals surface area (Å²) in [7, 11) is 2.19. The van der Waals surface area contributed by atoms with E-state index in [4.69, 9.17) is 31.4 Å². The lowest BCUT2D eigenvalue weighted by Gasteiger charge is -2.64. The van der Waals surface area contributed by atoms with Crippen molar-refractivity contribution >= 4 is 17.9 Å². The number of carbonyl (C=O) groups is 3. The van der Waals surface area contributed by atoms with Gasteiger partial charge in [-0.2, -0.15) is 0 Å². The quantitative estimate of drug-likeness (QED) is 0.154. The van der Waals surface area contributed by atoms with Gasteiger partial charge in [0, 0.05) is 37.5 Å². The highest BCUT2D eigenvalue weighted by Crippen LogP contribution is 2.69. The fraction of sp³-hybridized carbons (Fsp3) is 0.780. The summed E-state index contributed by atoms with van der Waals surface area (Å²) in [5.74, 6) is 0.910. The first-order valence-corrected chi connectivity index (χ1v) is 19.9. The summed E-state index contributed by atoms with van der Waals surface area (Å²) in [6.45, 7) is 9.90. The predicted molar refractivity (Wildman–Crippen MR) is 198 cm³/mol. The van der Waals surface area contributed by atoms with Gasteiger partial charge in [-0.05, 0) is 112 Å². The normalized spacial score (nSPS) is 34.9. The minimum absolute atomic E-state index is 0.0644. The van der Waals surface area contributed by atoms with Crippen LogP contribution in [-0.4, -0.2) is 74.3 Å². The SMILES string of the molecule is C[C@H](CCCN(C)Cc1ccccc1)C1CC[C@H]2C3[C@H](OC(=O)CCN)CC4C[C@H](OC(=O)CCN)CCC4(C)[C@H]3C[C@H](OC(=O)CCN)C12C. The molecule has 10 nitrogen and oxygen atoms in total. The molecule has 4 saturated carbocycles. The molecular formula is C41H66N4O6. The van der Waals surface area contributed by atoms with E-state index >= 15 is 0 Å². The third-order valence-electron chi connectivity index (χ3n) is 13.8. The van der Waals surface area contributed by atoms with Crippen molar-refractivity contribution in [3.8, 4) is 0 Å². The van der Waals surface area contributed by atoms with Crippen LogP contribution < -0.4 is 17.2 Å². The molecule has 4 aliphatic rings. The fourth-order valence-electron chi connectivity index (χ4n) is 11.4. The number of hydrogen-bond acceptors (Lipinski definition) is 10. The highest BCUT2D eigenvalue weighted by atomic mass is 16.6. The molecule has 0 radical (unpaired) electrons. The van der Waals surface area contributed by atoms with Gasteiger partial charge in [0.15, 0.2) is 0 Å². The number of carbonyl (C=O) groups excluding carboxylic acids is 3. The molecule has 0 aliphatic heterocycles. The lowest BCUT2D eigenvalue weighted by molar-refractivity contribution is -0.225. The summed E-state index contributed by atoms with van der Waals surface area (Å²) in [5.41, 5.74) is 18.3. The van der Waals surface area contributed by atoms with Crippen LogP contribution in [0.5, 0.6) is 0 Å². The monoisotopic (exact) mass is 710 g/mol. The number of hydrogen-bond donors (Lipinski definition) is 3. The Labute approximate surface area is 306 Å². The van der Waals surface area contributed by atoms with Gasteiger partial charge in [-0.3, -0.25) is 14.4 Å². The molecule has 1 aromatic rings. The Bertz CT molecular complexity index is 1310. The summed E-state index contributed by atoms with van der Waals surface area (Å²) >= 11 is 0. The maximum absolute atomic E-state index is 13.3. The molecule has 5 unspecified atom stereocenters. The van der Waals surface area contributed by atoms with Gasteiger partial charge in [-0.15, -0.1) is 0 Å². The summed E-state index contributed by atoms with van der Waals surface area (Å²) < 4.78 is 18.8. The third-order valence-corrected chi connectivity index (χ3v) is 13.8. The zero-order chi connectivity index (χ0) is 36.8. The highest BCUT2D eigenvalue weighted by molar-refractivity contribution is 5.70. The van der Waals surface area contributed by atoms with Crippen LogP contribution in [0.4, 0.5) is 0 Å². The zero-order valence-corrected chi connectivity index (χ0v) is 31.7. The van der Waals surface area contributed by atoms with Gasteiger partial charge in [0.1, 0.15) is 18.3 Å². The van der Waals surface area contributed by atoms with Gasteiger partial charge in [-0.25, -0.2) is 0 Å². The first-order chi connectivity index (χ1) is 24.4. The predicted octanol–water partition coefficient (Wildman–Crippen LogP) is 5.20. The van der Waals surface area contributed by atoms with Crippen LogP contribution >= 0.6 is 0 Å². The van der Waals surface area contributed by atoms with Gasteiger partial charge in [0.05, 0.1) is 19.3 Å². The summed E-state index contributed by atoms with van der Waals surface area (Å²) in [6, 6.07) is 10.6. The molecule has 0 spiro atoms. The van der Waals surface area contributed by atoms with Gasteiger partial charge >= 0.3 is 17.9 Å². The molecule has 0 aromatic heterocycles. The van der Waals surface area contributed by atoms with E-state index < -0.39 is 0 Å². The molecule has 0 bridgehead atoms. The fourth-order valence-corrected chi connectivity index (χ4v) is 11.4. The van der Waals surface area contributed by atoms with Crippen LogP contribution in [0.3, 0.4) is 0 Å². The van der Waals surface area contributed by atoms with E-state index in [0.29, 0.717) is 11.8 Å². The Hall–Kier alpha value is -2.53. The van der Waals surface area contributed by atoms with E-state index in [1.54, 1.807) is 0 Å². The zero-order valence-electron chi connectivity index (χ0n) is 31.7. The minimum atomic E-state index is -0.253. The molecule has 5 rings (SSSR count).